The molecule has 21 heavy (non-hydrogen) atoms. The van der Waals surface area contributed by atoms with Crippen molar-refractivity contribution in [2.45, 2.75) is 51.7 Å². The molecular weight excluding hydrogens is 332 g/mol. The largest absolute Gasteiger partial charge is 0.363 e. The Hall–Kier alpha value is -0.880. The van der Waals surface area contributed by atoms with E-state index in [1.165, 1.54) is 19.3 Å². The molecule has 1 aromatic rings. The van der Waals surface area contributed by atoms with Crippen LogP contribution in [0, 0.1) is 5.92 Å². The molecule has 0 amide bonds. The molecule has 0 bridgehead atoms. The molecule has 5 nitrogen and oxygen atoms in total. The summed E-state index contributed by atoms with van der Waals surface area (Å²) in [7, 11) is 0. The van der Waals surface area contributed by atoms with E-state index in [0.717, 1.165) is 29.8 Å². The average Bonchev–Trinajstić information content (AvgIpc) is 2.34. The van der Waals surface area contributed by atoms with Crippen LogP contribution in [0.3, 0.4) is 0 Å². The second-order valence-electron chi connectivity index (χ2n) is 6.50. The molecule has 1 saturated heterocycles. The Bertz CT molecular complexity index is 559. The van der Waals surface area contributed by atoms with E-state index in [0.29, 0.717) is 18.0 Å². The number of anilines is 1. The normalized spacial score (nSPS) is 26.7. The minimum Gasteiger partial charge on any atom is -0.363 e. The van der Waals surface area contributed by atoms with Crippen molar-refractivity contribution in [2.24, 2.45) is 5.92 Å². The summed E-state index contributed by atoms with van der Waals surface area (Å²) in [6.07, 6.45) is 5.50. The fraction of sp³-hybridized carbons (Fsp3) is 0.733. The lowest BCUT2D eigenvalue weighted by atomic mass is 9.85. The van der Waals surface area contributed by atoms with Gasteiger partial charge in [-0.3, -0.25) is 4.79 Å². The molecule has 0 radical (unpaired) electrons. The molecule has 0 spiro atoms. The second-order valence-corrected chi connectivity index (χ2v) is 7.35. The number of halogens is 1. The molecule has 2 aliphatic rings. The molecule has 2 fully saturated rings. The molecule has 0 aromatic carbocycles. The summed E-state index contributed by atoms with van der Waals surface area (Å²) in [5.74, 6) is 0.630. The van der Waals surface area contributed by atoms with Gasteiger partial charge in [-0.05, 0) is 48.5 Å². The van der Waals surface area contributed by atoms with Crippen LogP contribution in [0.1, 0.15) is 33.1 Å². The first-order valence-electron chi connectivity index (χ1n) is 7.81. The monoisotopic (exact) mass is 354 g/mol. The summed E-state index contributed by atoms with van der Waals surface area (Å²) in [5.41, 5.74) is 0.807. The fourth-order valence-corrected chi connectivity index (χ4v) is 3.82. The molecule has 3 rings (SSSR count). The van der Waals surface area contributed by atoms with Gasteiger partial charge in [-0.1, -0.05) is 6.42 Å². The highest BCUT2D eigenvalue weighted by atomic mass is 79.9. The molecule has 6 heteroatoms. The lowest BCUT2D eigenvalue weighted by Crippen LogP contribution is -2.55. The summed E-state index contributed by atoms with van der Waals surface area (Å²) in [4.78, 5) is 15.0. The van der Waals surface area contributed by atoms with Crippen molar-refractivity contribution in [3.05, 3.63) is 21.0 Å². The van der Waals surface area contributed by atoms with E-state index >= 15 is 0 Å². The number of hydrogen-bond donors (Lipinski definition) is 1. The van der Waals surface area contributed by atoms with Crippen LogP contribution in [0.2, 0.25) is 0 Å². The smallest absolute Gasteiger partial charge is 0.291 e. The Labute approximate surface area is 133 Å². The van der Waals surface area contributed by atoms with Crippen molar-refractivity contribution in [1.82, 2.24) is 15.1 Å². The van der Waals surface area contributed by atoms with Gasteiger partial charge in [0.05, 0.1) is 10.7 Å². The van der Waals surface area contributed by atoms with Crippen molar-refractivity contribution >= 4 is 21.6 Å². The van der Waals surface area contributed by atoms with Gasteiger partial charge in [-0.15, -0.1) is 0 Å². The number of piperazine rings is 1. The van der Waals surface area contributed by atoms with E-state index in [1.807, 2.05) is 0 Å². The van der Waals surface area contributed by atoms with Gasteiger partial charge in [-0.25, -0.2) is 4.68 Å². The number of rotatable bonds is 3. The number of aromatic nitrogens is 2. The van der Waals surface area contributed by atoms with Crippen LogP contribution in [0.25, 0.3) is 0 Å². The lowest BCUT2D eigenvalue weighted by molar-refractivity contribution is 0.261. The first-order valence-corrected chi connectivity index (χ1v) is 8.60. The Balaban J connectivity index is 1.89. The van der Waals surface area contributed by atoms with E-state index < -0.39 is 0 Å². The van der Waals surface area contributed by atoms with E-state index in [4.69, 9.17) is 0 Å². The van der Waals surface area contributed by atoms with Gasteiger partial charge in [0.1, 0.15) is 5.69 Å². The SMILES string of the molecule is CC1CN(c2c(Br)cnn(CC3CCC3)c2=O)CC(C)N1. The Morgan fingerprint density at radius 1 is 1.33 bits per heavy atom. The van der Waals surface area contributed by atoms with E-state index in [2.05, 4.69) is 45.1 Å². The minimum absolute atomic E-state index is 0.0394. The molecule has 1 aliphatic carbocycles. The molecule has 2 heterocycles. The molecule has 1 aromatic heterocycles. The van der Waals surface area contributed by atoms with Gasteiger partial charge in [-0.2, -0.15) is 5.10 Å². The quantitative estimate of drug-likeness (QED) is 0.901. The van der Waals surface area contributed by atoms with Gasteiger partial charge >= 0.3 is 0 Å². The Morgan fingerprint density at radius 2 is 2.00 bits per heavy atom. The summed E-state index contributed by atoms with van der Waals surface area (Å²) < 4.78 is 2.46. The van der Waals surface area contributed by atoms with Crippen molar-refractivity contribution in [1.29, 1.82) is 0 Å². The van der Waals surface area contributed by atoms with Gasteiger partial charge in [0.2, 0.25) is 0 Å². The Morgan fingerprint density at radius 3 is 2.57 bits per heavy atom. The zero-order valence-electron chi connectivity index (χ0n) is 12.7. The van der Waals surface area contributed by atoms with Gasteiger partial charge < -0.3 is 10.2 Å². The zero-order valence-corrected chi connectivity index (χ0v) is 14.3. The summed E-state index contributed by atoms with van der Waals surface area (Å²) in [5, 5.41) is 7.81. The van der Waals surface area contributed by atoms with Crippen LogP contribution in [-0.4, -0.2) is 35.0 Å². The first kappa shape index (κ1) is 15.0. The predicted octanol–water partition coefficient (Wildman–Crippen LogP) is 1.99. The number of hydrogen-bond acceptors (Lipinski definition) is 4. The molecule has 1 aliphatic heterocycles. The highest BCUT2D eigenvalue weighted by Gasteiger charge is 2.26. The topological polar surface area (TPSA) is 50.2 Å². The highest BCUT2D eigenvalue weighted by molar-refractivity contribution is 9.10. The van der Waals surface area contributed by atoms with Crippen LogP contribution in [0.15, 0.2) is 15.5 Å². The third-order valence-corrected chi connectivity index (χ3v) is 5.08. The van der Waals surface area contributed by atoms with Crippen LogP contribution < -0.4 is 15.8 Å². The van der Waals surface area contributed by atoms with E-state index in [1.54, 1.807) is 10.9 Å². The highest BCUT2D eigenvalue weighted by Crippen LogP contribution is 2.28. The second kappa shape index (κ2) is 6.08. The maximum absolute atomic E-state index is 12.8. The molecule has 2 atom stereocenters. The third-order valence-electron chi connectivity index (χ3n) is 4.50. The van der Waals surface area contributed by atoms with Gasteiger partial charge in [0, 0.05) is 31.7 Å². The lowest BCUT2D eigenvalue weighted by Gasteiger charge is -2.37. The summed E-state index contributed by atoms with van der Waals surface area (Å²) in [6.45, 7) is 6.78. The maximum Gasteiger partial charge on any atom is 0.291 e. The van der Waals surface area contributed by atoms with E-state index in [9.17, 15) is 4.79 Å². The maximum atomic E-state index is 12.8. The van der Waals surface area contributed by atoms with Gasteiger partial charge in [0.25, 0.3) is 5.56 Å². The first-order chi connectivity index (χ1) is 10.0. The van der Waals surface area contributed by atoms with Crippen LogP contribution in [0.5, 0.6) is 0 Å². The molecule has 1 N–H and O–H groups in total. The number of nitrogens with one attached hydrogen (secondary N) is 1. The van der Waals surface area contributed by atoms with E-state index in [-0.39, 0.29) is 5.56 Å². The standard InChI is InChI=1S/C15H23BrN4O/c1-10-7-19(8-11(2)18-10)14-13(16)6-17-20(15(14)21)9-12-4-3-5-12/h6,10-12,18H,3-5,7-9H2,1-2H3. The molecular formula is C15H23BrN4O. The Kier molecular flexibility index (Phi) is 4.36. The van der Waals surface area contributed by atoms with Crippen LogP contribution in [-0.2, 0) is 6.54 Å². The number of nitrogens with zero attached hydrogens (tertiary/aromatic N) is 3. The van der Waals surface area contributed by atoms with Crippen molar-refractivity contribution in [2.75, 3.05) is 18.0 Å². The summed E-state index contributed by atoms with van der Waals surface area (Å²) in [6, 6.07) is 0.765. The third kappa shape index (κ3) is 3.16. The van der Waals surface area contributed by atoms with Crippen LogP contribution in [0.4, 0.5) is 5.69 Å². The average molecular weight is 355 g/mol. The van der Waals surface area contributed by atoms with Crippen molar-refractivity contribution in [3.8, 4) is 0 Å². The molecule has 2 unspecified atom stereocenters. The van der Waals surface area contributed by atoms with Crippen LogP contribution >= 0.6 is 15.9 Å². The minimum atomic E-state index is 0.0394. The van der Waals surface area contributed by atoms with Gasteiger partial charge in [0.15, 0.2) is 0 Å². The molecule has 1 saturated carbocycles. The molecule has 116 valence electrons. The predicted molar refractivity (Wildman–Crippen MR) is 87.8 cm³/mol. The fourth-order valence-electron chi connectivity index (χ4n) is 3.30. The zero-order chi connectivity index (χ0) is 15.0. The van der Waals surface area contributed by atoms with Crippen molar-refractivity contribution in [3.63, 3.8) is 0 Å². The van der Waals surface area contributed by atoms with Crippen molar-refractivity contribution < 1.29 is 0 Å². The summed E-state index contributed by atoms with van der Waals surface area (Å²) >= 11 is 3.52.